The standard InChI is InChI=1S/C12H13N3OS2/c1-7-6-9(18-10-4-3-5-17-10)11(8(2)14-7)12(13)15-16/h3-6,16H,1-2H3,(H2,13,15). The van der Waals surface area contributed by atoms with Crippen LogP contribution in [0, 0.1) is 13.8 Å². The quantitative estimate of drug-likeness (QED) is 0.392. The summed E-state index contributed by atoms with van der Waals surface area (Å²) < 4.78 is 1.16. The molecule has 0 radical (unpaired) electrons. The minimum atomic E-state index is 0.0963. The highest BCUT2D eigenvalue weighted by atomic mass is 32.2. The average Bonchev–Trinajstić information content (AvgIpc) is 2.80. The molecule has 0 aromatic carbocycles. The molecule has 0 unspecified atom stereocenters. The lowest BCUT2D eigenvalue weighted by atomic mass is 10.1. The Hall–Kier alpha value is -1.53. The fraction of sp³-hybridized carbons (Fsp3) is 0.167. The molecule has 0 aliphatic carbocycles. The van der Waals surface area contributed by atoms with E-state index in [1.54, 1.807) is 23.1 Å². The first-order chi connectivity index (χ1) is 8.61. The Balaban J connectivity index is 2.50. The first kappa shape index (κ1) is 12.9. The van der Waals surface area contributed by atoms with Gasteiger partial charge in [-0.15, -0.1) is 11.3 Å². The lowest BCUT2D eigenvalue weighted by Gasteiger charge is -2.10. The zero-order chi connectivity index (χ0) is 13.1. The second-order valence-electron chi connectivity index (χ2n) is 3.74. The summed E-state index contributed by atoms with van der Waals surface area (Å²) in [4.78, 5) is 5.31. The van der Waals surface area contributed by atoms with Crippen molar-refractivity contribution in [2.45, 2.75) is 23.0 Å². The summed E-state index contributed by atoms with van der Waals surface area (Å²) in [5, 5.41) is 14.0. The van der Waals surface area contributed by atoms with E-state index in [2.05, 4.69) is 10.1 Å². The largest absolute Gasteiger partial charge is 0.409 e. The van der Waals surface area contributed by atoms with Gasteiger partial charge in [-0.05, 0) is 31.4 Å². The molecule has 0 saturated carbocycles. The zero-order valence-corrected chi connectivity index (χ0v) is 11.7. The third-order valence-electron chi connectivity index (χ3n) is 2.36. The van der Waals surface area contributed by atoms with Crippen LogP contribution in [0.5, 0.6) is 0 Å². The van der Waals surface area contributed by atoms with Gasteiger partial charge in [0.15, 0.2) is 5.84 Å². The number of amidine groups is 1. The van der Waals surface area contributed by atoms with Crippen molar-refractivity contribution >= 4 is 28.9 Å². The van der Waals surface area contributed by atoms with Crippen molar-refractivity contribution in [1.82, 2.24) is 4.98 Å². The van der Waals surface area contributed by atoms with Crippen LogP contribution in [-0.2, 0) is 0 Å². The van der Waals surface area contributed by atoms with E-state index < -0.39 is 0 Å². The van der Waals surface area contributed by atoms with Crippen LogP contribution in [0.25, 0.3) is 0 Å². The molecule has 0 bridgehead atoms. The normalized spacial score (nSPS) is 11.8. The number of rotatable bonds is 3. The van der Waals surface area contributed by atoms with Gasteiger partial charge in [0.1, 0.15) is 0 Å². The molecule has 2 aromatic rings. The van der Waals surface area contributed by atoms with Crippen LogP contribution in [0.4, 0.5) is 0 Å². The molecular formula is C12H13N3OS2. The summed E-state index contributed by atoms with van der Waals surface area (Å²) in [7, 11) is 0. The highest BCUT2D eigenvalue weighted by molar-refractivity contribution is 8.01. The molecule has 4 nitrogen and oxygen atoms in total. The Morgan fingerprint density at radius 1 is 1.50 bits per heavy atom. The van der Waals surface area contributed by atoms with E-state index >= 15 is 0 Å². The summed E-state index contributed by atoms with van der Waals surface area (Å²) in [6.07, 6.45) is 0. The fourth-order valence-electron chi connectivity index (χ4n) is 1.66. The summed E-state index contributed by atoms with van der Waals surface area (Å²) in [5.74, 6) is 0.0963. The summed E-state index contributed by atoms with van der Waals surface area (Å²) in [5.41, 5.74) is 8.11. The number of hydrogen-bond acceptors (Lipinski definition) is 5. The number of aromatic nitrogens is 1. The van der Waals surface area contributed by atoms with Crippen LogP contribution in [0.2, 0.25) is 0 Å². The van der Waals surface area contributed by atoms with Gasteiger partial charge >= 0.3 is 0 Å². The monoisotopic (exact) mass is 279 g/mol. The molecule has 0 fully saturated rings. The molecule has 0 aliphatic heterocycles. The van der Waals surface area contributed by atoms with E-state index in [0.29, 0.717) is 5.56 Å². The molecule has 94 valence electrons. The topological polar surface area (TPSA) is 71.5 Å². The van der Waals surface area contributed by atoms with Gasteiger partial charge < -0.3 is 10.9 Å². The van der Waals surface area contributed by atoms with Crippen LogP contribution in [-0.4, -0.2) is 16.0 Å². The number of nitrogens with zero attached hydrogens (tertiary/aromatic N) is 2. The lowest BCUT2D eigenvalue weighted by molar-refractivity contribution is 0.318. The summed E-state index contributed by atoms with van der Waals surface area (Å²) in [6, 6.07) is 5.98. The molecule has 3 N–H and O–H groups in total. The number of nitrogens with two attached hydrogens (primary N) is 1. The first-order valence-electron chi connectivity index (χ1n) is 5.29. The van der Waals surface area contributed by atoms with E-state index in [1.807, 2.05) is 37.4 Å². The number of oxime groups is 1. The molecule has 0 spiro atoms. The molecule has 18 heavy (non-hydrogen) atoms. The molecule has 0 atom stereocenters. The number of hydrogen-bond donors (Lipinski definition) is 2. The molecular weight excluding hydrogens is 266 g/mol. The third kappa shape index (κ3) is 2.65. The smallest absolute Gasteiger partial charge is 0.173 e. The number of pyridine rings is 1. The van der Waals surface area contributed by atoms with Gasteiger partial charge in [0.05, 0.1) is 9.77 Å². The van der Waals surface area contributed by atoms with Crippen molar-refractivity contribution in [1.29, 1.82) is 0 Å². The van der Waals surface area contributed by atoms with Gasteiger partial charge in [0.2, 0.25) is 0 Å². The molecule has 2 heterocycles. The zero-order valence-electron chi connectivity index (χ0n) is 10.0. The number of aryl methyl sites for hydroxylation is 2. The summed E-state index contributed by atoms with van der Waals surface area (Å²) in [6.45, 7) is 3.79. The highest BCUT2D eigenvalue weighted by Gasteiger charge is 2.14. The minimum absolute atomic E-state index is 0.0963. The third-order valence-corrected chi connectivity index (χ3v) is 4.44. The van der Waals surface area contributed by atoms with Crippen molar-refractivity contribution < 1.29 is 5.21 Å². The maximum atomic E-state index is 8.86. The van der Waals surface area contributed by atoms with E-state index in [0.717, 1.165) is 20.5 Å². The number of thiophene rings is 1. The second kappa shape index (κ2) is 5.41. The predicted molar refractivity (Wildman–Crippen MR) is 74.7 cm³/mol. The fourth-order valence-corrected chi connectivity index (χ4v) is 3.69. The highest BCUT2D eigenvalue weighted by Crippen LogP contribution is 2.34. The Morgan fingerprint density at radius 2 is 2.28 bits per heavy atom. The molecule has 0 aliphatic rings. The Morgan fingerprint density at radius 3 is 2.89 bits per heavy atom. The molecule has 0 amide bonds. The van der Waals surface area contributed by atoms with Gasteiger partial charge in [-0.25, -0.2) is 0 Å². The van der Waals surface area contributed by atoms with Crippen LogP contribution in [0.3, 0.4) is 0 Å². The predicted octanol–water partition coefficient (Wildman–Crippen LogP) is 3.01. The van der Waals surface area contributed by atoms with Crippen molar-refractivity contribution in [3.8, 4) is 0 Å². The minimum Gasteiger partial charge on any atom is -0.409 e. The molecule has 0 saturated heterocycles. The van der Waals surface area contributed by atoms with E-state index in [4.69, 9.17) is 10.9 Å². The van der Waals surface area contributed by atoms with Crippen LogP contribution >= 0.6 is 23.1 Å². The van der Waals surface area contributed by atoms with Crippen LogP contribution < -0.4 is 5.73 Å². The van der Waals surface area contributed by atoms with E-state index in [9.17, 15) is 0 Å². The van der Waals surface area contributed by atoms with Gasteiger partial charge in [-0.2, -0.15) is 0 Å². The van der Waals surface area contributed by atoms with Crippen LogP contribution in [0.15, 0.2) is 37.8 Å². The van der Waals surface area contributed by atoms with Crippen molar-refractivity contribution in [2.75, 3.05) is 0 Å². The van der Waals surface area contributed by atoms with Crippen molar-refractivity contribution in [2.24, 2.45) is 10.9 Å². The van der Waals surface area contributed by atoms with Crippen molar-refractivity contribution in [3.05, 3.63) is 40.5 Å². The van der Waals surface area contributed by atoms with E-state index in [-0.39, 0.29) is 5.84 Å². The maximum absolute atomic E-state index is 8.86. The van der Waals surface area contributed by atoms with Gasteiger partial charge in [-0.1, -0.05) is 23.0 Å². The maximum Gasteiger partial charge on any atom is 0.173 e. The van der Waals surface area contributed by atoms with Gasteiger partial charge in [0.25, 0.3) is 0 Å². The van der Waals surface area contributed by atoms with Gasteiger partial charge in [0, 0.05) is 16.3 Å². The molecule has 2 aromatic heterocycles. The Labute approximate surface area is 114 Å². The van der Waals surface area contributed by atoms with Gasteiger partial charge in [-0.3, -0.25) is 4.98 Å². The van der Waals surface area contributed by atoms with Crippen molar-refractivity contribution in [3.63, 3.8) is 0 Å². The SMILES string of the molecule is Cc1cc(Sc2cccs2)c(/C(N)=N/O)c(C)n1. The van der Waals surface area contributed by atoms with Crippen LogP contribution in [0.1, 0.15) is 17.0 Å². The first-order valence-corrected chi connectivity index (χ1v) is 6.99. The summed E-state index contributed by atoms with van der Waals surface area (Å²) >= 11 is 3.26. The second-order valence-corrected chi connectivity index (χ2v) is 6.03. The Kier molecular flexibility index (Phi) is 3.88. The molecule has 6 heteroatoms. The van der Waals surface area contributed by atoms with E-state index in [1.165, 1.54) is 0 Å². The average molecular weight is 279 g/mol. The lowest BCUT2D eigenvalue weighted by Crippen LogP contribution is -2.17. The Bertz CT molecular complexity index is 579. The molecule has 2 rings (SSSR count).